The van der Waals surface area contributed by atoms with Gasteiger partial charge in [-0.3, -0.25) is 4.98 Å². The zero-order chi connectivity index (χ0) is 8.10. The molecule has 0 aliphatic rings. The maximum atomic E-state index is 10.9. The summed E-state index contributed by atoms with van der Waals surface area (Å²) in [4.78, 5) is 18.4. The van der Waals surface area contributed by atoms with Gasteiger partial charge in [0.05, 0.1) is 12.8 Å². The number of ether oxygens (including phenoxy) is 1. The van der Waals surface area contributed by atoms with Crippen LogP contribution in [0.2, 0.25) is 0 Å². The van der Waals surface area contributed by atoms with E-state index in [9.17, 15) is 4.79 Å². The Labute approximate surface area is 88.5 Å². The molecule has 6 heteroatoms. The van der Waals surface area contributed by atoms with E-state index in [0.29, 0.717) is 6.61 Å². The molecule has 1 aromatic heterocycles. The van der Waals surface area contributed by atoms with Crippen molar-refractivity contribution in [1.82, 2.24) is 9.97 Å². The molecule has 0 saturated heterocycles. The Morgan fingerprint density at radius 1 is 1.46 bits per heavy atom. The second kappa shape index (κ2) is 7.76. The Bertz CT molecular complexity index is 244. The molecule has 1 aromatic rings. The molecule has 0 N–H and O–H groups in total. The Balaban J connectivity index is 0. The minimum Gasteiger partial charge on any atom is -0.461 e. The zero-order valence-electron chi connectivity index (χ0n) is 6.97. The van der Waals surface area contributed by atoms with Crippen molar-refractivity contribution < 1.29 is 9.53 Å². The van der Waals surface area contributed by atoms with Crippen LogP contribution in [0.4, 0.5) is 0 Å². The minimum absolute atomic E-state index is 0. The molecule has 0 fully saturated rings. The molecular formula is C7H10Cl2N2O2. The summed E-state index contributed by atoms with van der Waals surface area (Å²) >= 11 is 0. The van der Waals surface area contributed by atoms with E-state index in [2.05, 4.69) is 14.7 Å². The van der Waals surface area contributed by atoms with Gasteiger partial charge in [-0.15, -0.1) is 24.8 Å². The van der Waals surface area contributed by atoms with Gasteiger partial charge >= 0.3 is 5.97 Å². The maximum absolute atomic E-state index is 10.9. The molecule has 1 rings (SSSR count). The van der Waals surface area contributed by atoms with Crippen LogP contribution in [0.1, 0.15) is 17.4 Å². The zero-order valence-corrected chi connectivity index (χ0v) is 8.60. The molecule has 0 aliphatic heterocycles. The van der Waals surface area contributed by atoms with Crippen molar-refractivity contribution in [2.24, 2.45) is 0 Å². The highest BCUT2D eigenvalue weighted by molar-refractivity contribution is 5.86. The van der Waals surface area contributed by atoms with Crippen LogP contribution in [-0.4, -0.2) is 22.5 Å². The molecular weight excluding hydrogens is 215 g/mol. The molecule has 0 amide bonds. The van der Waals surface area contributed by atoms with Crippen LogP contribution in [-0.2, 0) is 4.74 Å². The number of nitrogens with zero attached hydrogens (tertiary/aromatic N) is 2. The topological polar surface area (TPSA) is 52.1 Å². The number of rotatable bonds is 2. The van der Waals surface area contributed by atoms with Crippen molar-refractivity contribution in [2.75, 3.05) is 6.61 Å². The SMILES string of the molecule is CCOC(=O)c1cnccn1.Cl.Cl. The first-order valence-electron chi connectivity index (χ1n) is 3.27. The van der Waals surface area contributed by atoms with Gasteiger partial charge in [0.1, 0.15) is 0 Å². The predicted molar refractivity (Wildman–Crippen MR) is 52.5 cm³/mol. The minimum atomic E-state index is -0.430. The van der Waals surface area contributed by atoms with E-state index in [1.165, 1.54) is 18.6 Å². The molecule has 0 aromatic carbocycles. The van der Waals surface area contributed by atoms with Crippen LogP contribution in [0.5, 0.6) is 0 Å². The average Bonchev–Trinajstić information content (AvgIpc) is 2.07. The molecule has 0 radical (unpaired) electrons. The second-order valence-corrected chi connectivity index (χ2v) is 1.81. The summed E-state index contributed by atoms with van der Waals surface area (Å²) < 4.78 is 4.69. The lowest BCUT2D eigenvalue weighted by Crippen LogP contribution is -2.06. The first-order valence-corrected chi connectivity index (χ1v) is 3.27. The van der Waals surface area contributed by atoms with E-state index in [0.717, 1.165) is 0 Å². The summed E-state index contributed by atoms with van der Waals surface area (Å²) in [6.45, 7) is 2.10. The van der Waals surface area contributed by atoms with E-state index >= 15 is 0 Å². The van der Waals surface area contributed by atoms with Crippen molar-refractivity contribution in [3.8, 4) is 0 Å². The Kier molecular flexibility index (Phi) is 8.74. The molecule has 0 unspecified atom stereocenters. The Morgan fingerprint density at radius 2 is 2.15 bits per heavy atom. The van der Waals surface area contributed by atoms with Crippen molar-refractivity contribution >= 4 is 30.8 Å². The molecule has 0 bridgehead atoms. The maximum Gasteiger partial charge on any atom is 0.358 e. The first kappa shape index (κ1) is 14.6. The number of esters is 1. The summed E-state index contributed by atoms with van der Waals surface area (Å²) in [5.41, 5.74) is 0.245. The molecule has 74 valence electrons. The van der Waals surface area contributed by atoms with Crippen molar-refractivity contribution in [1.29, 1.82) is 0 Å². The van der Waals surface area contributed by atoms with E-state index < -0.39 is 5.97 Å². The summed E-state index contributed by atoms with van der Waals surface area (Å²) in [6.07, 6.45) is 4.33. The third kappa shape index (κ3) is 4.65. The highest BCUT2D eigenvalue weighted by Gasteiger charge is 2.05. The lowest BCUT2D eigenvalue weighted by Gasteiger charge is -1.97. The normalized spacial score (nSPS) is 7.77. The number of halogens is 2. The lowest BCUT2D eigenvalue weighted by molar-refractivity contribution is 0.0519. The van der Waals surface area contributed by atoms with Crippen LogP contribution >= 0.6 is 24.8 Å². The predicted octanol–water partition coefficient (Wildman–Crippen LogP) is 1.50. The summed E-state index contributed by atoms with van der Waals surface area (Å²) in [5, 5.41) is 0. The summed E-state index contributed by atoms with van der Waals surface area (Å²) in [6, 6.07) is 0. The second-order valence-electron chi connectivity index (χ2n) is 1.81. The summed E-state index contributed by atoms with van der Waals surface area (Å²) in [7, 11) is 0. The van der Waals surface area contributed by atoms with Gasteiger partial charge < -0.3 is 4.74 Å². The van der Waals surface area contributed by atoms with Gasteiger partial charge in [-0.25, -0.2) is 9.78 Å². The number of carbonyl (C=O) groups excluding carboxylic acids is 1. The van der Waals surface area contributed by atoms with Gasteiger partial charge in [-0.1, -0.05) is 0 Å². The van der Waals surface area contributed by atoms with Gasteiger partial charge in [-0.05, 0) is 6.92 Å². The number of hydrogen-bond acceptors (Lipinski definition) is 4. The van der Waals surface area contributed by atoms with Crippen molar-refractivity contribution in [2.45, 2.75) is 6.92 Å². The average molecular weight is 225 g/mol. The van der Waals surface area contributed by atoms with Gasteiger partial charge in [0.2, 0.25) is 0 Å². The number of hydrogen-bond donors (Lipinski definition) is 0. The lowest BCUT2D eigenvalue weighted by atomic mass is 10.5. The highest BCUT2D eigenvalue weighted by Crippen LogP contribution is 1.92. The standard InChI is InChI=1S/C7H8N2O2.2ClH/c1-2-11-7(10)6-5-8-3-4-9-6;;/h3-5H,2H2,1H3;2*1H. The molecule has 1 heterocycles. The molecule has 0 spiro atoms. The number of aromatic nitrogens is 2. The Morgan fingerprint density at radius 3 is 2.62 bits per heavy atom. The quantitative estimate of drug-likeness (QED) is 0.715. The van der Waals surface area contributed by atoms with Gasteiger partial charge in [0.25, 0.3) is 0 Å². The summed E-state index contributed by atoms with van der Waals surface area (Å²) in [5.74, 6) is -0.430. The molecule has 0 saturated carbocycles. The smallest absolute Gasteiger partial charge is 0.358 e. The van der Waals surface area contributed by atoms with Crippen molar-refractivity contribution in [3.05, 3.63) is 24.3 Å². The molecule has 0 atom stereocenters. The molecule has 4 nitrogen and oxygen atoms in total. The van der Waals surface area contributed by atoms with Crippen LogP contribution in [0.15, 0.2) is 18.6 Å². The largest absolute Gasteiger partial charge is 0.461 e. The fourth-order valence-corrected chi connectivity index (χ4v) is 0.610. The van der Waals surface area contributed by atoms with Crippen LogP contribution in [0.25, 0.3) is 0 Å². The van der Waals surface area contributed by atoms with E-state index in [1.54, 1.807) is 6.92 Å². The molecule has 0 aliphatic carbocycles. The van der Waals surface area contributed by atoms with Gasteiger partial charge in [-0.2, -0.15) is 0 Å². The van der Waals surface area contributed by atoms with E-state index in [4.69, 9.17) is 0 Å². The number of carbonyl (C=O) groups is 1. The van der Waals surface area contributed by atoms with Crippen LogP contribution < -0.4 is 0 Å². The van der Waals surface area contributed by atoms with E-state index in [1.807, 2.05) is 0 Å². The highest BCUT2D eigenvalue weighted by atomic mass is 35.5. The first-order chi connectivity index (χ1) is 5.34. The fraction of sp³-hybridized carbons (Fsp3) is 0.286. The van der Waals surface area contributed by atoms with Crippen LogP contribution in [0, 0.1) is 0 Å². The van der Waals surface area contributed by atoms with Crippen LogP contribution in [0.3, 0.4) is 0 Å². The monoisotopic (exact) mass is 224 g/mol. The fourth-order valence-electron chi connectivity index (χ4n) is 0.610. The van der Waals surface area contributed by atoms with Gasteiger partial charge in [0.15, 0.2) is 5.69 Å². The Hall–Kier alpha value is -0.870. The van der Waals surface area contributed by atoms with Crippen molar-refractivity contribution in [3.63, 3.8) is 0 Å². The molecule has 13 heavy (non-hydrogen) atoms. The van der Waals surface area contributed by atoms with E-state index in [-0.39, 0.29) is 30.5 Å². The van der Waals surface area contributed by atoms with Gasteiger partial charge in [0, 0.05) is 12.4 Å². The third-order valence-corrected chi connectivity index (χ3v) is 1.05. The third-order valence-electron chi connectivity index (χ3n) is 1.05.